The summed E-state index contributed by atoms with van der Waals surface area (Å²) in [4.78, 5) is 28.0. The van der Waals surface area contributed by atoms with Crippen molar-refractivity contribution in [3.05, 3.63) is 78.1 Å². The Balaban J connectivity index is 2.08. The van der Waals surface area contributed by atoms with Crippen LogP contribution in [-0.4, -0.2) is 27.1 Å². The van der Waals surface area contributed by atoms with Crippen LogP contribution >= 0.6 is 0 Å². The van der Waals surface area contributed by atoms with Crippen molar-refractivity contribution in [1.29, 1.82) is 0 Å². The first-order chi connectivity index (χ1) is 12.0. The van der Waals surface area contributed by atoms with Crippen LogP contribution in [0, 0.1) is 5.41 Å². The van der Waals surface area contributed by atoms with Gasteiger partial charge in [-0.3, -0.25) is 14.6 Å². The van der Waals surface area contributed by atoms with Crippen molar-refractivity contribution in [2.45, 2.75) is 12.8 Å². The van der Waals surface area contributed by atoms with Crippen molar-refractivity contribution in [1.82, 2.24) is 4.98 Å². The predicted molar refractivity (Wildman–Crippen MR) is 93.3 cm³/mol. The molecule has 0 aliphatic carbocycles. The van der Waals surface area contributed by atoms with Crippen molar-refractivity contribution < 1.29 is 19.8 Å². The van der Waals surface area contributed by atoms with E-state index in [-0.39, 0.29) is 12.8 Å². The number of aliphatic carboxylic acids is 2. The monoisotopic (exact) mass is 335 g/mol. The SMILES string of the molecule is O=C(O)C(Cc1cccnc1)(Cc1cccc2ccccc12)C(=O)O. The van der Waals surface area contributed by atoms with Crippen LogP contribution in [-0.2, 0) is 22.4 Å². The molecule has 0 saturated carbocycles. The highest BCUT2D eigenvalue weighted by Crippen LogP contribution is 2.32. The summed E-state index contributed by atoms with van der Waals surface area (Å²) in [6.45, 7) is 0. The van der Waals surface area contributed by atoms with Crippen LogP contribution in [0.5, 0.6) is 0 Å². The van der Waals surface area contributed by atoms with Gasteiger partial charge >= 0.3 is 11.9 Å². The largest absolute Gasteiger partial charge is 0.480 e. The van der Waals surface area contributed by atoms with E-state index in [2.05, 4.69) is 4.98 Å². The average molecular weight is 335 g/mol. The lowest BCUT2D eigenvalue weighted by molar-refractivity contribution is -0.164. The molecule has 0 atom stereocenters. The van der Waals surface area contributed by atoms with Gasteiger partial charge in [0.15, 0.2) is 5.41 Å². The molecule has 0 aliphatic rings. The van der Waals surface area contributed by atoms with Gasteiger partial charge in [0.1, 0.15) is 0 Å². The Bertz CT molecular complexity index is 902. The number of nitrogens with zero attached hydrogens (tertiary/aromatic N) is 1. The number of carboxylic acid groups (broad SMARTS) is 2. The minimum absolute atomic E-state index is 0.103. The second-order valence-electron chi connectivity index (χ2n) is 6.05. The van der Waals surface area contributed by atoms with Crippen LogP contribution in [0.4, 0.5) is 0 Å². The fourth-order valence-electron chi connectivity index (χ4n) is 3.08. The third kappa shape index (κ3) is 3.21. The second-order valence-corrected chi connectivity index (χ2v) is 6.05. The van der Waals surface area contributed by atoms with E-state index < -0.39 is 17.4 Å². The highest BCUT2D eigenvalue weighted by atomic mass is 16.4. The molecule has 25 heavy (non-hydrogen) atoms. The van der Waals surface area contributed by atoms with Gasteiger partial charge in [-0.15, -0.1) is 0 Å². The molecule has 1 aromatic heterocycles. The maximum Gasteiger partial charge on any atom is 0.321 e. The van der Waals surface area contributed by atoms with E-state index in [9.17, 15) is 19.8 Å². The minimum Gasteiger partial charge on any atom is -0.480 e. The van der Waals surface area contributed by atoms with Crippen LogP contribution in [0.2, 0.25) is 0 Å². The highest BCUT2D eigenvalue weighted by Gasteiger charge is 2.47. The summed E-state index contributed by atoms with van der Waals surface area (Å²) in [6.07, 6.45) is 2.84. The first-order valence-corrected chi connectivity index (χ1v) is 7.85. The van der Waals surface area contributed by atoms with Crippen LogP contribution in [0.25, 0.3) is 10.8 Å². The van der Waals surface area contributed by atoms with E-state index in [0.717, 1.165) is 10.8 Å². The van der Waals surface area contributed by atoms with E-state index in [1.165, 1.54) is 6.20 Å². The summed E-state index contributed by atoms with van der Waals surface area (Å²) < 4.78 is 0. The third-order valence-electron chi connectivity index (χ3n) is 4.42. The molecule has 1 heterocycles. The first kappa shape index (κ1) is 16.6. The van der Waals surface area contributed by atoms with Crippen LogP contribution < -0.4 is 0 Å². The van der Waals surface area contributed by atoms with Gasteiger partial charge < -0.3 is 10.2 Å². The van der Waals surface area contributed by atoms with Gasteiger partial charge in [0, 0.05) is 25.2 Å². The van der Waals surface area contributed by atoms with Crippen molar-refractivity contribution in [2.75, 3.05) is 0 Å². The van der Waals surface area contributed by atoms with Gasteiger partial charge in [-0.1, -0.05) is 48.5 Å². The number of hydrogen-bond acceptors (Lipinski definition) is 3. The normalized spacial score (nSPS) is 11.4. The van der Waals surface area contributed by atoms with Crippen molar-refractivity contribution in [2.24, 2.45) is 5.41 Å². The molecule has 0 spiro atoms. The maximum absolute atomic E-state index is 12.0. The van der Waals surface area contributed by atoms with E-state index in [1.54, 1.807) is 24.4 Å². The minimum atomic E-state index is -1.95. The molecule has 5 heteroatoms. The summed E-state index contributed by atoms with van der Waals surface area (Å²) in [5, 5.41) is 21.4. The Morgan fingerprint density at radius 2 is 1.60 bits per heavy atom. The van der Waals surface area contributed by atoms with Gasteiger partial charge in [0.05, 0.1) is 0 Å². The molecule has 2 aromatic carbocycles. The molecule has 5 nitrogen and oxygen atoms in total. The fraction of sp³-hybridized carbons (Fsp3) is 0.150. The van der Waals surface area contributed by atoms with Crippen LogP contribution in [0.3, 0.4) is 0 Å². The molecule has 0 unspecified atom stereocenters. The second kappa shape index (κ2) is 6.73. The Labute approximate surface area is 144 Å². The number of carboxylic acids is 2. The van der Waals surface area contributed by atoms with E-state index in [0.29, 0.717) is 11.1 Å². The summed E-state index contributed by atoms with van der Waals surface area (Å²) in [7, 11) is 0. The Morgan fingerprint density at radius 3 is 2.28 bits per heavy atom. The zero-order valence-corrected chi connectivity index (χ0v) is 13.4. The summed E-state index contributed by atoms with van der Waals surface area (Å²) in [5.41, 5.74) is -0.674. The lowest BCUT2D eigenvalue weighted by Crippen LogP contribution is -2.43. The van der Waals surface area contributed by atoms with E-state index >= 15 is 0 Å². The van der Waals surface area contributed by atoms with Crippen LogP contribution in [0.1, 0.15) is 11.1 Å². The quantitative estimate of drug-likeness (QED) is 0.676. The average Bonchev–Trinajstić information content (AvgIpc) is 2.62. The lowest BCUT2D eigenvalue weighted by atomic mass is 9.76. The van der Waals surface area contributed by atoms with Gasteiger partial charge in [-0.2, -0.15) is 0 Å². The highest BCUT2D eigenvalue weighted by molar-refractivity contribution is 5.99. The van der Waals surface area contributed by atoms with Gasteiger partial charge in [0.25, 0.3) is 0 Å². The van der Waals surface area contributed by atoms with Gasteiger partial charge in [-0.05, 0) is 28.0 Å². The summed E-state index contributed by atoms with van der Waals surface area (Å²) >= 11 is 0. The summed E-state index contributed by atoms with van der Waals surface area (Å²) in [6, 6.07) is 16.4. The number of pyridine rings is 1. The van der Waals surface area contributed by atoms with Crippen molar-refractivity contribution >= 4 is 22.7 Å². The number of rotatable bonds is 6. The predicted octanol–water partition coefficient (Wildman–Crippen LogP) is 3.18. The van der Waals surface area contributed by atoms with Gasteiger partial charge in [0.2, 0.25) is 0 Å². The first-order valence-electron chi connectivity index (χ1n) is 7.85. The Morgan fingerprint density at radius 1 is 0.880 bits per heavy atom. The molecule has 126 valence electrons. The standard InChI is InChI=1S/C20H17NO4/c22-18(23)20(19(24)25,11-14-5-4-10-21-13-14)12-16-8-3-7-15-6-1-2-9-17(15)16/h1-10,13H,11-12H2,(H,22,23)(H,24,25). The number of benzene rings is 2. The van der Waals surface area contributed by atoms with Crippen molar-refractivity contribution in [3.8, 4) is 0 Å². The zero-order valence-electron chi connectivity index (χ0n) is 13.4. The molecule has 3 aromatic rings. The smallest absolute Gasteiger partial charge is 0.321 e. The number of carbonyl (C=O) groups is 2. The van der Waals surface area contributed by atoms with Gasteiger partial charge in [-0.25, -0.2) is 0 Å². The molecule has 0 aliphatic heterocycles. The number of fused-ring (bicyclic) bond motifs is 1. The molecule has 3 rings (SSSR count). The molecule has 0 amide bonds. The molecular formula is C20H17NO4. The molecular weight excluding hydrogens is 318 g/mol. The maximum atomic E-state index is 12.0. The third-order valence-corrected chi connectivity index (χ3v) is 4.42. The van der Waals surface area contributed by atoms with E-state index in [1.807, 2.05) is 36.4 Å². The topological polar surface area (TPSA) is 87.5 Å². The molecule has 0 radical (unpaired) electrons. The molecule has 2 N–H and O–H groups in total. The fourth-order valence-corrected chi connectivity index (χ4v) is 3.08. The lowest BCUT2D eigenvalue weighted by Gasteiger charge is -2.25. The molecule has 0 bridgehead atoms. The zero-order chi connectivity index (χ0) is 17.9. The number of hydrogen-bond donors (Lipinski definition) is 2. The van der Waals surface area contributed by atoms with Crippen LogP contribution in [0.15, 0.2) is 67.0 Å². The van der Waals surface area contributed by atoms with Crippen molar-refractivity contribution in [3.63, 3.8) is 0 Å². The number of aromatic nitrogens is 1. The van der Waals surface area contributed by atoms with E-state index in [4.69, 9.17) is 0 Å². The molecule has 0 saturated heterocycles. The Kier molecular flexibility index (Phi) is 4.48. The Hall–Kier alpha value is -3.21. The summed E-state index contributed by atoms with van der Waals surface area (Å²) in [5.74, 6) is -2.70. The molecule has 0 fully saturated rings.